The Hall–Kier alpha value is -0.990. The summed E-state index contributed by atoms with van der Waals surface area (Å²) in [7, 11) is -8.69. The zero-order valence-corrected chi connectivity index (χ0v) is 12.5. The van der Waals surface area contributed by atoms with Crippen LogP contribution >= 0.6 is 11.3 Å². The molecule has 0 spiro atoms. The molecule has 0 aliphatic heterocycles. The standard InChI is InChI=1S/C7H9N4O2S2.ClHO4/c1-4-3-5(2)11-6(9-4)14-7(10-11)15(8,12)13;2-1(3,4)5/h3H,1-2H3,(H2,8,12,13);(H,2,3,4,5)/q+1;/p-1. The monoisotopic (exact) mass is 344 g/mol. The highest BCUT2D eigenvalue weighted by atomic mass is 35.7. The Morgan fingerprint density at radius 3 is 2.25 bits per heavy atom. The molecule has 20 heavy (non-hydrogen) atoms. The topological polar surface area (TPSA) is 182 Å². The molecule has 13 heteroatoms. The normalized spacial score (nSPS) is 12.2. The molecule has 0 aromatic carbocycles. The molecular formula is C7H9ClN4O6S2. The van der Waals surface area contributed by atoms with Crippen molar-refractivity contribution in [3.8, 4) is 0 Å². The van der Waals surface area contributed by atoms with Crippen LogP contribution in [0.5, 0.6) is 0 Å². The SMILES string of the molecule is Cc1cc(C)[n+]2nc(S(N)(=O)=O)sc2n1.[O-][Cl+3]([O-])([O-])[O-]. The van der Waals surface area contributed by atoms with Gasteiger partial charge in [-0.3, -0.25) is 0 Å². The summed E-state index contributed by atoms with van der Waals surface area (Å²) in [5.74, 6) is 0. The Balaban J connectivity index is 0.000000347. The molecule has 0 amide bonds. The van der Waals surface area contributed by atoms with Crippen molar-refractivity contribution in [3.05, 3.63) is 17.5 Å². The van der Waals surface area contributed by atoms with Gasteiger partial charge in [0.15, 0.2) is 5.69 Å². The first kappa shape index (κ1) is 17.1. The fraction of sp³-hybridized carbons (Fsp3) is 0.286. The number of nitrogens with two attached hydrogens (primary N) is 1. The molecular weight excluding hydrogens is 336 g/mol. The Labute approximate surface area is 119 Å². The summed E-state index contributed by atoms with van der Waals surface area (Å²) in [4.78, 5) is 4.69. The smallest absolute Gasteiger partial charge is 0.222 e. The summed E-state index contributed by atoms with van der Waals surface area (Å²) in [5, 5.41) is 8.87. The number of aryl methyl sites for hydroxylation is 2. The van der Waals surface area contributed by atoms with Crippen LogP contribution < -0.4 is 28.3 Å². The third-order valence-corrected chi connectivity index (χ3v) is 4.03. The summed E-state index contributed by atoms with van der Waals surface area (Å²) < 4.78 is 57.5. The highest BCUT2D eigenvalue weighted by Gasteiger charge is 2.22. The van der Waals surface area contributed by atoms with Crippen LogP contribution in [0.25, 0.3) is 4.96 Å². The van der Waals surface area contributed by atoms with Gasteiger partial charge in [-0.2, -0.15) is 0 Å². The lowest BCUT2D eigenvalue weighted by atomic mass is 10.4. The molecule has 0 aliphatic rings. The van der Waals surface area contributed by atoms with Gasteiger partial charge in [-0.15, -0.1) is 10.2 Å². The molecule has 0 aliphatic carbocycles. The minimum absolute atomic E-state index is 0.122. The van der Waals surface area contributed by atoms with Crippen molar-refractivity contribution >= 4 is 26.3 Å². The maximum Gasteiger partial charge on any atom is 0.411 e. The molecule has 10 nitrogen and oxygen atoms in total. The molecule has 2 aromatic rings. The van der Waals surface area contributed by atoms with Crippen molar-refractivity contribution in [2.24, 2.45) is 5.14 Å². The Morgan fingerprint density at radius 1 is 1.30 bits per heavy atom. The van der Waals surface area contributed by atoms with E-state index < -0.39 is 20.3 Å². The van der Waals surface area contributed by atoms with E-state index in [1.165, 1.54) is 4.52 Å². The molecule has 112 valence electrons. The number of nitrogens with zero attached hydrogens (tertiary/aromatic N) is 3. The van der Waals surface area contributed by atoms with E-state index in [2.05, 4.69) is 10.1 Å². The van der Waals surface area contributed by atoms with Crippen LogP contribution in [0.1, 0.15) is 11.4 Å². The van der Waals surface area contributed by atoms with Crippen molar-refractivity contribution in [1.82, 2.24) is 10.1 Å². The first-order valence-electron chi connectivity index (χ1n) is 4.69. The minimum atomic E-state index is -4.94. The van der Waals surface area contributed by atoms with Crippen LogP contribution in [0.15, 0.2) is 10.4 Å². The lowest BCUT2D eigenvalue weighted by Gasteiger charge is -2.17. The molecule has 2 heterocycles. The fourth-order valence-corrected chi connectivity index (χ4v) is 2.85. The van der Waals surface area contributed by atoms with Crippen LogP contribution in [0.4, 0.5) is 0 Å². The number of halogens is 1. The van der Waals surface area contributed by atoms with Crippen molar-refractivity contribution in [3.63, 3.8) is 0 Å². The zero-order chi connectivity index (χ0) is 15.7. The summed E-state index contributed by atoms with van der Waals surface area (Å²) >= 11 is 0.960. The number of rotatable bonds is 1. The molecule has 2 aromatic heterocycles. The third kappa shape index (κ3) is 5.18. The summed E-state index contributed by atoms with van der Waals surface area (Å²) in [5.41, 5.74) is 1.64. The lowest BCUT2D eigenvalue weighted by molar-refractivity contribution is -2.00. The second kappa shape index (κ2) is 5.79. The average Bonchev–Trinajstić information content (AvgIpc) is 2.57. The number of sulfonamides is 1. The van der Waals surface area contributed by atoms with Crippen LogP contribution in [0.3, 0.4) is 0 Å². The van der Waals surface area contributed by atoms with E-state index in [0.29, 0.717) is 4.96 Å². The predicted molar refractivity (Wildman–Crippen MR) is 53.9 cm³/mol. The number of fused-ring (bicyclic) bond motifs is 1. The van der Waals surface area contributed by atoms with Gasteiger partial charge in [-0.05, 0) is 16.3 Å². The molecule has 0 atom stereocenters. The van der Waals surface area contributed by atoms with Crippen LogP contribution in [-0.2, 0) is 10.0 Å². The van der Waals surface area contributed by atoms with E-state index >= 15 is 0 Å². The van der Waals surface area contributed by atoms with Gasteiger partial charge in [0.05, 0.1) is 0 Å². The molecule has 0 unspecified atom stereocenters. The van der Waals surface area contributed by atoms with E-state index in [1.807, 2.05) is 19.9 Å². The quantitative estimate of drug-likeness (QED) is 0.497. The predicted octanol–water partition coefficient (Wildman–Crippen LogP) is -5.21. The second-order valence-corrected chi connectivity index (χ2v) is 6.97. The largest absolute Gasteiger partial charge is 0.411 e. The Bertz CT molecular complexity index is 719. The van der Waals surface area contributed by atoms with Crippen LogP contribution in [0.2, 0.25) is 0 Å². The Kier molecular flexibility index (Phi) is 4.94. The highest BCUT2D eigenvalue weighted by Crippen LogP contribution is 2.13. The third-order valence-electron chi connectivity index (χ3n) is 1.81. The van der Waals surface area contributed by atoms with Gasteiger partial charge in [0, 0.05) is 19.9 Å². The van der Waals surface area contributed by atoms with E-state index in [9.17, 15) is 8.42 Å². The van der Waals surface area contributed by atoms with Gasteiger partial charge in [0.25, 0.3) is 14.4 Å². The first-order valence-corrected chi connectivity index (χ1v) is 8.29. The highest BCUT2D eigenvalue weighted by molar-refractivity contribution is 7.91. The average molecular weight is 345 g/mol. The van der Waals surface area contributed by atoms with E-state index in [1.54, 1.807) is 0 Å². The zero-order valence-electron chi connectivity index (χ0n) is 10.1. The minimum Gasteiger partial charge on any atom is -0.222 e. The number of hydrogen-bond acceptors (Lipinski definition) is 9. The van der Waals surface area contributed by atoms with E-state index in [0.717, 1.165) is 22.7 Å². The Morgan fingerprint density at radius 2 is 1.80 bits per heavy atom. The van der Waals surface area contributed by atoms with Gasteiger partial charge in [0.1, 0.15) is 5.69 Å². The molecule has 0 fully saturated rings. The molecule has 0 bridgehead atoms. The van der Waals surface area contributed by atoms with Crippen molar-refractivity contribution in [2.45, 2.75) is 18.2 Å². The molecule has 2 rings (SSSR count). The summed E-state index contributed by atoms with van der Waals surface area (Å²) in [6.45, 7) is 3.66. The van der Waals surface area contributed by atoms with E-state index in [-0.39, 0.29) is 4.34 Å². The molecule has 0 radical (unpaired) electrons. The lowest BCUT2D eigenvalue weighted by Crippen LogP contribution is -2.68. The maximum atomic E-state index is 11.1. The molecule has 0 saturated heterocycles. The number of aromatic nitrogens is 3. The van der Waals surface area contributed by atoms with Crippen LogP contribution in [0, 0.1) is 24.1 Å². The van der Waals surface area contributed by atoms with Crippen molar-refractivity contribution in [1.29, 1.82) is 0 Å². The number of primary sulfonamides is 1. The van der Waals surface area contributed by atoms with Crippen LogP contribution in [-0.4, -0.2) is 18.5 Å². The van der Waals surface area contributed by atoms with Gasteiger partial charge in [0.2, 0.25) is 0 Å². The molecule has 0 saturated carbocycles. The van der Waals surface area contributed by atoms with Crippen molar-refractivity contribution in [2.75, 3.05) is 0 Å². The van der Waals surface area contributed by atoms with Gasteiger partial charge < -0.3 is 0 Å². The summed E-state index contributed by atoms with van der Waals surface area (Å²) in [6, 6.07) is 1.82. The van der Waals surface area contributed by atoms with Gasteiger partial charge in [-0.25, -0.2) is 32.2 Å². The summed E-state index contributed by atoms with van der Waals surface area (Å²) in [6.07, 6.45) is 0. The van der Waals surface area contributed by atoms with Crippen molar-refractivity contribution < 1.29 is 41.8 Å². The van der Waals surface area contributed by atoms with E-state index in [4.69, 9.17) is 23.8 Å². The number of hydrogen-bond donors (Lipinski definition) is 1. The second-order valence-electron chi connectivity index (χ2n) is 3.52. The van der Waals surface area contributed by atoms with Gasteiger partial charge in [-0.1, -0.05) is 9.61 Å². The fourth-order valence-electron chi connectivity index (χ4n) is 1.23. The molecule has 2 N–H and O–H groups in total. The first-order chi connectivity index (χ1) is 8.88. The maximum absolute atomic E-state index is 11.1. The van der Waals surface area contributed by atoms with Gasteiger partial charge >= 0.3 is 4.96 Å².